The number of amides is 2. The lowest BCUT2D eigenvalue weighted by atomic mass is 9.71. The number of nitrogens with zero attached hydrogens (tertiary/aromatic N) is 4. The van der Waals surface area contributed by atoms with Crippen LogP contribution in [0, 0.1) is 5.92 Å². The van der Waals surface area contributed by atoms with Gasteiger partial charge in [0.15, 0.2) is 0 Å². The van der Waals surface area contributed by atoms with Gasteiger partial charge >= 0.3 is 0 Å². The molecule has 2 fully saturated rings. The van der Waals surface area contributed by atoms with Crippen LogP contribution in [0.5, 0.6) is 0 Å². The number of benzene rings is 2. The van der Waals surface area contributed by atoms with Gasteiger partial charge < -0.3 is 15.1 Å². The van der Waals surface area contributed by atoms with Gasteiger partial charge in [-0.15, -0.1) is 0 Å². The Balaban J connectivity index is 1.24. The van der Waals surface area contributed by atoms with Crippen molar-refractivity contribution in [2.75, 3.05) is 31.1 Å². The molecule has 1 atom stereocenters. The van der Waals surface area contributed by atoms with Crippen LogP contribution in [0.2, 0.25) is 0 Å². The Morgan fingerprint density at radius 1 is 0.919 bits per heavy atom. The molecule has 7 heteroatoms. The summed E-state index contributed by atoms with van der Waals surface area (Å²) in [5, 5.41) is 3.27. The maximum Gasteiger partial charge on any atom is 0.231 e. The van der Waals surface area contributed by atoms with Crippen LogP contribution in [0.3, 0.4) is 0 Å². The predicted molar refractivity (Wildman–Crippen MR) is 144 cm³/mol. The van der Waals surface area contributed by atoms with Crippen LogP contribution in [0.4, 0.5) is 5.82 Å². The van der Waals surface area contributed by atoms with Crippen LogP contribution in [0.1, 0.15) is 49.8 Å². The van der Waals surface area contributed by atoms with Gasteiger partial charge in [-0.3, -0.25) is 14.6 Å². The molecule has 2 amide bonds. The van der Waals surface area contributed by atoms with E-state index in [-0.39, 0.29) is 23.8 Å². The molecule has 2 saturated heterocycles. The average Bonchev–Trinajstić information content (AvgIpc) is 2.98. The molecule has 1 N–H and O–H groups in total. The molecule has 0 saturated carbocycles. The lowest BCUT2D eigenvalue weighted by molar-refractivity contribution is -0.140. The minimum absolute atomic E-state index is 0.0177. The van der Waals surface area contributed by atoms with Crippen molar-refractivity contribution in [3.05, 3.63) is 90.4 Å². The van der Waals surface area contributed by atoms with Gasteiger partial charge in [0.25, 0.3) is 0 Å². The van der Waals surface area contributed by atoms with E-state index < -0.39 is 5.41 Å². The first-order valence-electron chi connectivity index (χ1n) is 13.3. The number of hydrogen-bond donors (Lipinski definition) is 1. The van der Waals surface area contributed by atoms with E-state index in [0.29, 0.717) is 25.9 Å². The molecule has 3 heterocycles. The van der Waals surface area contributed by atoms with Gasteiger partial charge in [0.2, 0.25) is 11.8 Å². The van der Waals surface area contributed by atoms with Gasteiger partial charge in [-0.25, -0.2) is 4.98 Å². The highest BCUT2D eigenvalue weighted by atomic mass is 16.2. The zero-order chi connectivity index (χ0) is 25.7. The second kappa shape index (κ2) is 11.1. The number of anilines is 1. The Kier molecular flexibility index (Phi) is 7.49. The fraction of sp³-hybridized carbons (Fsp3) is 0.400. The van der Waals surface area contributed by atoms with Crippen LogP contribution in [0.15, 0.2) is 79.3 Å². The molecule has 2 aromatic carbocycles. The molecular formula is C30H35N5O2. The number of carbonyl (C=O) groups is 2. The average molecular weight is 498 g/mol. The first kappa shape index (κ1) is 24.9. The highest BCUT2D eigenvalue weighted by Crippen LogP contribution is 2.37. The summed E-state index contributed by atoms with van der Waals surface area (Å²) < 4.78 is 0. The smallest absolute Gasteiger partial charge is 0.231 e. The molecule has 2 aliphatic heterocycles. The summed E-state index contributed by atoms with van der Waals surface area (Å²) in [5.74, 6) is 1.15. The van der Waals surface area contributed by atoms with Crippen LogP contribution in [0.25, 0.3) is 0 Å². The van der Waals surface area contributed by atoms with E-state index in [1.165, 1.54) is 0 Å². The van der Waals surface area contributed by atoms with Crippen LogP contribution < -0.4 is 10.2 Å². The third-order valence-electron chi connectivity index (χ3n) is 8.05. The van der Waals surface area contributed by atoms with Crippen molar-refractivity contribution < 1.29 is 9.59 Å². The van der Waals surface area contributed by atoms with Crippen molar-refractivity contribution >= 4 is 17.6 Å². The van der Waals surface area contributed by atoms with Crippen LogP contribution in [-0.2, 0) is 15.0 Å². The number of nitrogens with one attached hydrogen (secondary N) is 1. The number of rotatable bonds is 6. The summed E-state index contributed by atoms with van der Waals surface area (Å²) in [6, 6.07) is 20.0. The predicted octanol–water partition coefficient (Wildman–Crippen LogP) is 4.13. The van der Waals surface area contributed by atoms with Gasteiger partial charge in [-0.2, -0.15) is 0 Å². The van der Waals surface area contributed by atoms with Crippen LogP contribution in [-0.4, -0.2) is 52.9 Å². The lowest BCUT2D eigenvalue weighted by Crippen LogP contribution is -2.54. The van der Waals surface area contributed by atoms with Crippen molar-refractivity contribution in [2.24, 2.45) is 5.92 Å². The molecular weight excluding hydrogens is 462 g/mol. The molecule has 0 spiro atoms. The minimum Gasteiger partial charge on any atom is -0.355 e. The quantitative estimate of drug-likeness (QED) is 0.554. The molecule has 0 aliphatic carbocycles. The van der Waals surface area contributed by atoms with E-state index in [1.54, 1.807) is 18.6 Å². The maximum absolute atomic E-state index is 13.8. The fourth-order valence-corrected chi connectivity index (χ4v) is 5.74. The monoisotopic (exact) mass is 497 g/mol. The summed E-state index contributed by atoms with van der Waals surface area (Å²) in [6.45, 7) is 4.81. The molecule has 3 aromatic rings. The van der Waals surface area contributed by atoms with Crippen molar-refractivity contribution in [1.82, 2.24) is 20.2 Å². The molecule has 2 aliphatic rings. The molecule has 192 valence electrons. The Bertz CT molecular complexity index is 1170. The number of likely N-dealkylation sites (tertiary alicyclic amines) is 1. The summed E-state index contributed by atoms with van der Waals surface area (Å²) >= 11 is 0. The van der Waals surface area contributed by atoms with Crippen molar-refractivity contribution in [2.45, 2.75) is 44.1 Å². The Morgan fingerprint density at radius 2 is 1.57 bits per heavy atom. The second-order valence-electron chi connectivity index (χ2n) is 10.2. The largest absolute Gasteiger partial charge is 0.355 e. The van der Waals surface area contributed by atoms with Gasteiger partial charge in [0, 0.05) is 44.5 Å². The fourth-order valence-electron chi connectivity index (χ4n) is 5.74. The van der Waals surface area contributed by atoms with E-state index >= 15 is 0 Å². The molecule has 1 aromatic heterocycles. The van der Waals surface area contributed by atoms with E-state index in [2.05, 4.69) is 20.2 Å². The van der Waals surface area contributed by atoms with Crippen LogP contribution >= 0.6 is 0 Å². The number of carbonyl (C=O) groups excluding carboxylic acids is 2. The number of aromatic nitrogens is 2. The maximum atomic E-state index is 13.8. The third kappa shape index (κ3) is 5.36. The SMILES string of the molecule is C[C@H](NC(=O)C1(c2ccccc2)CCN(C(=O)C2CCN(c3cnccn3)CC2)CC1)c1ccccc1. The molecule has 7 nitrogen and oxygen atoms in total. The Morgan fingerprint density at radius 3 is 2.19 bits per heavy atom. The first-order chi connectivity index (χ1) is 18.1. The zero-order valence-corrected chi connectivity index (χ0v) is 21.4. The minimum atomic E-state index is -0.642. The summed E-state index contributed by atoms with van der Waals surface area (Å²) in [5.41, 5.74) is 1.47. The summed E-state index contributed by atoms with van der Waals surface area (Å²) in [6.07, 6.45) is 8.02. The van der Waals surface area contributed by atoms with E-state index in [0.717, 1.165) is 42.9 Å². The highest BCUT2D eigenvalue weighted by Gasteiger charge is 2.44. The lowest BCUT2D eigenvalue weighted by Gasteiger charge is -2.43. The Labute approximate surface area is 218 Å². The standard InChI is InChI=1S/C30H35N5O2/c1-23(24-8-4-2-5-9-24)33-29(37)30(26-10-6-3-7-11-26)14-20-35(21-15-30)28(36)25-12-18-34(19-13-25)27-22-31-16-17-32-27/h2-11,16-17,22-23,25H,12-15,18-21H2,1H3,(H,33,37)/t23-/m0/s1. The first-order valence-corrected chi connectivity index (χ1v) is 13.3. The number of hydrogen-bond acceptors (Lipinski definition) is 5. The van der Waals surface area contributed by atoms with E-state index in [9.17, 15) is 9.59 Å². The highest BCUT2D eigenvalue weighted by molar-refractivity contribution is 5.89. The van der Waals surface area contributed by atoms with Crippen molar-refractivity contribution in [3.63, 3.8) is 0 Å². The van der Waals surface area contributed by atoms with Gasteiger partial charge in [0.05, 0.1) is 17.7 Å². The van der Waals surface area contributed by atoms with E-state index in [4.69, 9.17) is 0 Å². The molecule has 0 unspecified atom stereocenters. The second-order valence-corrected chi connectivity index (χ2v) is 10.2. The topological polar surface area (TPSA) is 78.4 Å². The third-order valence-corrected chi connectivity index (χ3v) is 8.05. The van der Waals surface area contributed by atoms with Crippen molar-refractivity contribution in [1.29, 1.82) is 0 Å². The molecule has 5 rings (SSSR count). The molecule has 0 bridgehead atoms. The van der Waals surface area contributed by atoms with E-state index in [1.807, 2.05) is 72.5 Å². The zero-order valence-electron chi connectivity index (χ0n) is 21.4. The van der Waals surface area contributed by atoms with Gasteiger partial charge in [0.1, 0.15) is 5.82 Å². The summed E-state index contributed by atoms with van der Waals surface area (Å²) in [4.78, 5) is 40.0. The van der Waals surface area contributed by atoms with Crippen molar-refractivity contribution in [3.8, 4) is 0 Å². The molecule has 0 radical (unpaired) electrons. The van der Waals surface area contributed by atoms with Gasteiger partial charge in [-0.05, 0) is 43.7 Å². The van der Waals surface area contributed by atoms with Gasteiger partial charge in [-0.1, -0.05) is 60.7 Å². The summed E-state index contributed by atoms with van der Waals surface area (Å²) in [7, 11) is 0. The normalized spacial score (nSPS) is 18.7. The number of piperidine rings is 2. The molecule has 37 heavy (non-hydrogen) atoms. The Hall–Kier alpha value is -3.74.